The van der Waals surface area contributed by atoms with Gasteiger partial charge in [0.2, 0.25) is 0 Å². The van der Waals surface area contributed by atoms with Crippen LogP contribution in [0.2, 0.25) is 0 Å². The molecule has 3 rings (SSSR count). The van der Waals surface area contributed by atoms with Crippen molar-refractivity contribution in [2.24, 2.45) is 0 Å². The van der Waals surface area contributed by atoms with Crippen LogP contribution in [0.25, 0.3) is 11.5 Å². The highest BCUT2D eigenvalue weighted by Gasteiger charge is 2.12. The number of hydrogen-bond acceptors (Lipinski definition) is 5. The van der Waals surface area contributed by atoms with Crippen molar-refractivity contribution >= 4 is 28.0 Å². The topological polar surface area (TPSA) is 77.3 Å². The van der Waals surface area contributed by atoms with E-state index in [0.29, 0.717) is 5.89 Å². The molecule has 1 amide bonds. The molecule has 0 atom stereocenters. The van der Waals surface area contributed by atoms with Crippen LogP contribution in [-0.4, -0.2) is 16.2 Å². The molecular formula is C16H12BrN3O3. The van der Waals surface area contributed by atoms with Gasteiger partial charge in [-0.15, -0.1) is 0 Å². The lowest BCUT2D eigenvalue weighted by atomic mass is 10.2. The molecule has 0 spiro atoms. The molecule has 23 heavy (non-hydrogen) atoms. The highest BCUT2D eigenvalue weighted by atomic mass is 79.9. The van der Waals surface area contributed by atoms with Crippen molar-refractivity contribution in [1.29, 1.82) is 0 Å². The molecule has 3 aromatic rings. The summed E-state index contributed by atoms with van der Waals surface area (Å²) >= 11 is 3.35. The number of nitrogens with zero attached hydrogens (tertiary/aromatic N) is 2. The summed E-state index contributed by atoms with van der Waals surface area (Å²) in [7, 11) is 0. The Hall–Kier alpha value is -2.67. The van der Waals surface area contributed by atoms with Crippen molar-refractivity contribution in [1.82, 2.24) is 10.1 Å². The Kier molecular flexibility index (Phi) is 4.68. The molecule has 2 aromatic carbocycles. The Morgan fingerprint density at radius 3 is 2.61 bits per heavy atom. The molecule has 1 aromatic heterocycles. The zero-order valence-corrected chi connectivity index (χ0v) is 13.5. The van der Waals surface area contributed by atoms with E-state index in [2.05, 4.69) is 31.4 Å². The quantitative estimate of drug-likeness (QED) is 0.739. The monoisotopic (exact) mass is 373 g/mol. The van der Waals surface area contributed by atoms with Gasteiger partial charge in [-0.05, 0) is 35.0 Å². The van der Waals surface area contributed by atoms with Crippen LogP contribution < -0.4 is 5.32 Å². The van der Waals surface area contributed by atoms with E-state index in [0.717, 1.165) is 15.6 Å². The molecule has 6 nitrogen and oxygen atoms in total. The van der Waals surface area contributed by atoms with E-state index >= 15 is 0 Å². The van der Waals surface area contributed by atoms with Gasteiger partial charge in [0.05, 0.1) is 0 Å². The van der Waals surface area contributed by atoms with Crippen molar-refractivity contribution < 1.29 is 14.1 Å². The largest absolute Gasteiger partial charge is 0.444 e. The van der Waals surface area contributed by atoms with Gasteiger partial charge in [-0.3, -0.25) is 5.32 Å². The number of halogens is 1. The molecule has 1 heterocycles. The van der Waals surface area contributed by atoms with Crippen LogP contribution in [0.3, 0.4) is 0 Å². The SMILES string of the molecule is O=C(Nc1noc(-c2ccc(Br)cc2)n1)OCc1ccccc1. The third-order valence-corrected chi connectivity index (χ3v) is 3.47. The second-order valence-electron chi connectivity index (χ2n) is 4.62. The van der Waals surface area contributed by atoms with Gasteiger partial charge in [-0.1, -0.05) is 46.3 Å². The van der Waals surface area contributed by atoms with Crippen LogP contribution in [0.5, 0.6) is 0 Å². The first-order valence-corrected chi connectivity index (χ1v) is 7.57. The van der Waals surface area contributed by atoms with Crippen molar-refractivity contribution in [3.05, 3.63) is 64.6 Å². The summed E-state index contributed by atoms with van der Waals surface area (Å²) in [6.07, 6.45) is -0.642. The molecular weight excluding hydrogens is 362 g/mol. The van der Waals surface area contributed by atoms with Gasteiger partial charge < -0.3 is 9.26 Å². The van der Waals surface area contributed by atoms with E-state index in [1.807, 2.05) is 54.6 Å². The summed E-state index contributed by atoms with van der Waals surface area (Å²) in [5.74, 6) is 0.372. The predicted molar refractivity (Wildman–Crippen MR) is 87.7 cm³/mol. The third-order valence-electron chi connectivity index (χ3n) is 2.94. The summed E-state index contributed by atoms with van der Waals surface area (Å²) in [5.41, 5.74) is 1.65. The van der Waals surface area contributed by atoms with Gasteiger partial charge in [-0.25, -0.2) is 4.79 Å². The minimum Gasteiger partial charge on any atom is -0.444 e. The van der Waals surface area contributed by atoms with E-state index in [-0.39, 0.29) is 12.6 Å². The molecule has 0 aliphatic heterocycles. The molecule has 0 saturated heterocycles. The maximum Gasteiger partial charge on any atom is 0.414 e. The molecule has 1 N–H and O–H groups in total. The fraction of sp³-hybridized carbons (Fsp3) is 0.0625. The number of aromatic nitrogens is 2. The normalized spacial score (nSPS) is 10.3. The van der Waals surface area contributed by atoms with E-state index in [4.69, 9.17) is 9.26 Å². The zero-order chi connectivity index (χ0) is 16.1. The first kappa shape index (κ1) is 15.2. The van der Waals surface area contributed by atoms with Crippen molar-refractivity contribution in [2.45, 2.75) is 6.61 Å². The molecule has 116 valence electrons. The first-order valence-electron chi connectivity index (χ1n) is 6.78. The van der Waals surface area contributed by atoms with E-state index in [9.17, 15) is 4.79 Å². The Balaban J connectivity index is 1.58. The number of nitrogens with one attached hydrogen (secondary N) is 1. The molecule has 0 saturated carbocycles. The van der Waals surface area contributed by atoms with Crippen LogP contribution in [0.15, 0.2) is 63.6 Å². The van der Waals surface area contributed by atoms with Crippen LogP contribution in [-0.2, 0) is 11.3 Å². The highest BCUT2D eigenvalue weighted by molar-refractivity contribution is 9.10. The lowest BCUT2D eigenvalue weighted by Gasteiger charge is -2.03. The first-order chi connectivity index (χ1) is 11.2. The number of carbonyl (C=O) groups excluding carboxylic acids is 1. The number of benzene rings is 2. The molecule has 0 fully saturated rings. The van der Waals surface area contributed by atoms with E-state index < -0.39 is 6.09 Å². The average Bonchev–Trinajstić information content (AvgIpc) is 3.03. The second kappa shape index (κ2) is 7.06. The summed E-state index contributed by atoms with van der Waals surface area (Å²) < 4.78 is 11.1. The summed E-state index contributed by atoms with van der Waals surface area (Å²) in [5, 5.41) is 6.13. The number of amides is 1. The summed E-state index contributed by atoms with van der Waals surface area (Å²) in [6.45, 7) is 0.171. The minimum absolute atomic E-state index is 0.0565. The average molecular weight is 374 g/mol. The van der Waals surface area contributed by atoms with Crippen molar-refractivity contribution in [2.75, 3.05) is 5.32 Å². The predicted octanol–water partition coefficient (Wildman–Crippen LogP) is 4.25. The van der Waals surface area contributed by atoms with Crippen molar-refractivity contribution in [3.63, 3.8) is 0 Å². The minimum atomic E-state index is -0.642. The van der Waals surface area contributed by atoms with Gasteiger partial charge in [0.15, 0.2) is 0 Å². The highest BCUT2D eigenvalue weighted by Crippen LogP contribution is 2.21. The van der Waals surface area contributed by atoms with Crippen LogP contribution in [0.1, 0.15) is 5.56 Å². The van der Waals surface area contributed by atoms with E-state index in [1.165, 1.54) is 0 Å². The Labute approximate surface area is 140 Å². The number of carbonyl (C=O) groups is 1. The molecule has 0 bridgehead atoms. The van der Waals surface area contributed by atoms with Crippen LogP contribution >= 0.6 is 15.9 Å². The molecule has 0 aliphatic carbocycles. The lowest BCUT2D eigenvalue weighted by molar-refractivity contribution is 0.155. The Bertz CT molecular complexity index is 788. The molecule has 0 unspecified atom stereocenters. The fourth-order valence-corrected chi connectivity index (χ4v) is 2.10. The van der Waals surface area contributed by atoms with Gasteiger partial charge >= 0.3 is 6.09 Å². The number of hydrogen-bond donors (Lipinski definition) is 1. The van der Waals surface area contributed by atoms with Gasteiger partial charge in [0.1, 0.15) is 6.61 Å². The van der Waals surface area contributed by atoms with Gasteiger partial charge in [-0.2, -0.15) is 4.98 Å². The smallest absolute Gasteiger partial charge is 0.414 e. The van der Waals surface area contributed by atoms with Gasteiger partial charge in [0.25, 0.3) is 11.8 Å². The Morgan fingerprint density at radius 2 is 1.87 bits per heavy atom. The maximum absolute atomic E-state index is 11.7. The van der Waals surface area contributed by atoms with Crippen LogP contribution in [0, 0.1) is 0 Å². The Morgan fingerprint density at radius 1 is 1.13 bits per heavy atom. The van der Waals surface area contributed by atoms with E-state index in [1.54, 1.807) is 0 Å². The third kappa shape index (κ3) is 4.17. The molecule has 0 radical (unpaired) electrons. The van der Waals surface area contributed by atoms with Crippen LogP contribution in [0.4, 0.5) is 10.7 Å². The number of rotatable bonds is 4. The maximum atomic E-state index is 11.7. The zero-order valence-electron chi connectivity index (χ0n) is 11.9. The molecule has 7 heteroatoms. The second-order valence-corrected chi connectivity index (χ2v) is 5.53. The standard InChI is InChI=1S/C16H12BrN3O3/c17-13-8-6-12(7-9-13)14-18-15(20-23-14)19-16(21)22-10-11-4-2-1-3-5-11/h1-9H,10H2,(H,19,20,21). The summed E-state index contributed by atoms with van der Waals surface area (Å²) in [6, 6.07) is 16.8. The van der Waals surface area contributed by atoms with Gasteiger partial charge in [0, 0.05) is 10.0 Å². The number of anilines is 1. The van der Waals surface area contributed by atoms with Crippen molar-refractivity contribution in [3.8, 4) is 11.5 Å². The fourth-order valence-electron chi connectivity index (χ4n) is 1.83. The number of ether oxygens (including phenoxy) is 1. The summed E-state index contributed by atoms with van der Waals surface area (Å²) in [4.78, 5) is 15.8. The molecule has 0 aliphatic rings. The lowest BCUT2D eigenvalue weighted by Crippen LogP contribution is -2.14.